The van der Waals surface area contributed by atoms with Crippen LogP contribution in [0.2, 0.25) is 0 Å². The zero-order valence-electron chi connectivity index (χ0n) is 19.9. The first-order valence-corrected chi connectivity index (χ1v) is 11.5. The Morgan fingerprint density at radius 1 is 1.11 bits per heavy atom. The number of nitrogens with one attached hydrogen (secondary N) is 1. The zero-order valence-corrected chi connectivity index (χ0v) is 19.9. The number of pyridine rings is 1. The summed E-state index contributed by atoms with van der Waals surface area (Å²) in [7, 11) is 3.89. The molecule has 35 heavy (non-hydrogen) atoms. The van der Waals surface area contributed by atoms with Gasteiger partial charge in [0, 0.05) is 30.9 Å². The van der Waals surface area contributed by atoms with E-state index >= 15 is 0 Å². The highest BCUT2D eigenvalue weighted by Crippen LogP contribution is 2.26. The van der Waals surface area contributed by atoms with E-state index in [0.29, 0.717) is 58.7 Å². The molecule has 178 valence electrons. The molecule has 5 aromatic rings. The molecule has 0 aliphatic carbocycles. The molecule has 0 saturated heterocycles. The summed E-state index contributed by atoms with van der Waals surface area (Å²) in [5, 5.41) is 8.06. The minimum atomic E-state index is -0.416. The van der Waals surface area contributed by atoms with E-state index in [1.165, 1.54) is 0 Å². The van der Waals surface area contributed by atoms with Gasteiger partial charge in [0.15, 0.2) is 11.2 Å². The number of aromatic nitrogens is 4. The number of nitrogens with zero attached hydrogens (tertiary/aromatic N) is 5. The maximum absolute atomic E-state index is 13.5. The fraction of sp³-hybridized carbons (Fsp3) is 0.231. The third-order valence-electron chi connectivity index (χ3n) is 5.92. The Hall–Kier alpha value is -4.24. The largest absolute Gasteiger partial charge is 0.419 e. The smallest absolute Gasteiger partial charge is 0.408 e. The molecule has 3 aromatic heterocycles. The van der Waals surface area contributed by atoms with Gasteiger partial charge in [0.2, 0.25) is 0 Å². The van der Waals surface area contributed by atoms with Gasteiger partial charge < -0.3 is 14.6 Å². The number of hydrogen-bond acceptors (Lipinski definition) is 6. The van der Waals surface area contributed by atoms with Gasteiger partial charge in [-0.2, -0.15) is 5.10 Å². The van der Waals surface area contributed by atoms with Gasteiger partial charge in [-0.25, -0.2) is 14.5 Å². The predicted molar refractivity (Wildman–Crippen MR) is 136 cm³/mol. The summed E-state index contributed by atoms with van der Waals surface area (Å²) < 4.78 is 8.73. The van der Waals surface area contributed by atoms with Gasteiger partial charge in [-0.15, -0.1) is 0 Å². The van der Waals surface area contributed by atoms with Gasteiger partial charge in [0.1, 0.15) is 0 Å². The lowest BCUT2D eigenvalue weighted by molar-refractivity contribution is 0.102. The van der Waals surface area contributed by atoms with Crippen LogP contribution in [0.1, 0.15) is 17.3 Å². The number of oxazole rings is 1. The van der Waals surface area contributed by atoms with Crippen molar-refractivity contribution in [2.24, 2.45) is 0 Å². The molecule has 1 amide bonds. The summed E-state index contributed by atoms with van der Waals surface area (Å²) >= 11 is 0. The first-order valence-electron chi connectivity index (χ1n) is 11.5. The molecular formula is C26H26N6O3. The Kier molecular flexibility index (Phi) is 5.92. The van der Waals surface area contributed by atoms with E-state index < -0.39 is 5.76 Å². The molecule has 3 heterocycles. The van der Waals surface area contributed by atoms with E-state index in [1.54, 1.807) is 39.7 Å². The van der Waals surface area contributed by atoms with Crippen LogP contribution in [0.25, 0.3) is 33.4 Å². The SMILES string of the molecule is CCn1ncc2c(C(=O)Nc3ccc4oc(=O)n(CCN(C)C)c4c3)cc(-c3ccccc3)nc21. The first-order chi connectivity index (χ1) is 16.9. The second kappa shape index (κ2) is 9.19. The molecule has 0 unspecified atom stereocenters. The van der Waals surface area contributed by atoms with Gasteiger partial charge in [0.25, 0.3) is 5.91 Å². The Labute approximate surface area is 201 Å². The van der Waals surface area contributed by atoms with Crippen LogP contribution in [-0.2, 0) is 13.1 Å². The monoisotopic (exact) mass is 470 g/mol. The molecule has 9 heteroatoms. The van der Waals surface area contributed by atoms with Crippen LogP contribution in [0.15, 0.2) is 70.0 Å². The summed E-state index contributed by atoms with van der Waals surface area (Å²) in [5.74, 6) is -0.698. The molecule has 0 saturated carbocycles. The second-order valence-corrected chi connectivity index (χ2v) is 8.58. The molecule has 0 radical (unpaired) electrons. The van der Waals surface area contributed by atoms with Gasteiger partial charge in [0.05, 0.1) is 28.4 Å². The molecule has 0 bridgehead atoms. The average molecular weight is 471 g/mol. The molecule has 2 aromatic carbocycles. The van der Waals surface area contributed by atoms with Crippen LogP contribution >= 0.6 is 0 Å². The van der Waals surface area contributed by atoms with E-state index in [0.717, 1.165) is 5.56 Å². The summed E-state index contributed by atoms with van der Waals surface area (Å²) in [6, 6.07) is 16.7. The van der Waals surface area contributed by atoms with Crippen molar-refractivity contribution in [3.8, 4) is 11.3 Å². The number of hydrogen-bond donors (Lipinski definition) is 1. The molecule has 0 fully saturated rings. The number of fused-ring (bicyclic) bond motifs is 2. The highest BCUT2D eigenvalue weighted by Gasteiger charge is 2.18. The van der Waals surface area contributed by atoms with Crippen molar-refractivity contribution in [3.63, 3.8) is 0 Å². The Balaban J connectivity index is 1.54. The van der Waals surface area contributed by atoms with Crippen LogP contribution in [-0.4, -0.2) is 50.8 Å². The number of anilines is 1. The number of amides is 1. The van der Waals surface area contributed by atoms with Gasteiger partial charge in [-0.3, -0.25) is 9.36 Å². The average Bonchev–Trinajstić information content (AvgIpc) is 3.42. The molecule has 0 aliphatic heterocycles. The quantitative estimate of drug-likeness (QED) is 0.388. The summed E-state index contributed by atoms with van der Waals surface area (Å²) in [4.78, 5) is 32.6. The molecule has 0 spiro atoms. The molecule has 5 rings (SSSR count). The van der Waals surface area contributed by atoms with Crippen LogP contribution in [0.4, 0.5) is 5.69 Å². The summed E-state index contributed by atoms with van der Waals surface area (Å²) in [5.41, 5.74) is 4.42. The number of carbonyl (C=O) groups is 1. The lowest BCUT2D eigenvalue weighted by atomic mass is 10.1. The Morgan fingerprint density at radius 2 is 1.91 bits per heavy atom. The van der Waals surface area contributed by atoms with Crippen LogP contribution in [0, 0.1) is 0 Å². The second-order valence-electron chi connectivity index (χ2n) is 8.58. The zero-order chi connectivity index (χ0) is 24.5. The standard InChI is InChI=1S/C26H26N6O3/c1-4-32-24-20(16-27-32)19(15-21(29-24)17-8-6-5-7-9-17)25(33)28-18-10-11-23-22(14-18)31(26(34)35-23)13-12-30(2)3/h5-11,14-16H,4,12-13H2,1-3H3,(H,28,33). The maximum atomic E-state index is 13.5. The predicted octanol–water partition coefficient (Wildman–Crippen LogP) is 3.84. The van der Waals surface area contributed by atoms with Gasteiger partial charge in [-0.05, 0) is 45.3 Å². The van der Waals surface area contributed by atoms with Crippen LogP contribution in [0.5, 0.6) is 0 Å². The molecule has 1 N–H and O–H groups in total. The number of likely N-dealkylation sites (N-methyl/N-ethyl adjacent to an activating group) is 1. The normalized spacial score (nSPS) is 11.5. The summed E-state index contributed by atoms with van der Waals surface area (Å²) in [6.07, 6.45) is 1.67. The number of carbonyl (C=O) groups excluding carboxylic acids is 1. The van der Waals surface area contributed by atoms with Crippen LogP contribution in [0.3, 0.4) is 0 Å². The Morgan fingerprint density at radius 3 is 2.66 bits per heavy atom. The van der Waals surface area contributed by atoms with Gasteiger partial charge in [-0.1, -0.05) is 30.3 Å². The number of benzene rings is 2. The number of rotatable bonds is 7. The molecular weight excluding hydrogens is 444 g/mol. The van der Waals surface area contributed by atoms with Crippen molar-refractivity contribution in [1.29, 1.82) is 0 Å². The minimum absolute atomic E-state index is 0.282. The van der Waals surface area contributed by atoms with E-state index in [-0.39, 0.29) is 5.91 Å². The molecule has 0 aliphatic rings. The minimum Gasteiger partial charge on any atom is -0.408 e. The molecule has 9 nitrogen and oxygen atoms in total. The highest BCUT2D eigenvalue weighted by atomic mass is 16.4. The van der Waals surface area contributed by atoms with Crippen molar-refractivity contribution in [3.05, 3.63) is 76.9 Å². The third kappa shape index (κ3) is 4.33. The van der Waals surface area contributed by atoms with E-state index in [9.17, 15) is 9.59 Å². The van der Waals surface area contributed by atoms with Gasteiger partial charge >= 0.3 is 5.76 Å². The maximum Gasteiger partial charge on any atom is 0.419 e. The fourth-order valence-electron chi connectivity index (χ4n) is 4.07. The van der Waals surface area contributed by atoms with Crippen molar-refractivity contribution in [2.45, 2.75) is 20.0 Å². The number of aryl methyl sites for hydroxylation is 1. The highest BCUT2D eigenvalue weighted by molar-refractivity contribution is 6.13. The third-order valence-corrected chi connectivity index (χ3v) is 5.92. The van der Waals surface area contributed by atoms with Crippen molar-refractivity contribution in [2.75, 3.05) is 26.0 Å². The van der Waals surface area contributed by atoms with Crippen molar-refractivity contribution < 1.29 is 9.21 Å². The molecule has 0 atom stereocenters. The van der Waals surface area contributed by atoms with Crippen molar-refractivity contribution in [1.82, 2.24) is 24.2 Å². The van der Waals surface area contributed by atoms with Crippen LogP contribution < -0.4 is 11.1 Å². The Bertz CT molecular complexity index is 1580. The lowest BCUT2D eigenvalue weighted by Crippen LogP contribution is -2.23. The van der Waals surface area contributed by atoms with E-state index in [1.807, 2.05) is 56.3 Å². The lowest BCUT2D eigenvalue weighted by Gasteiger charge is -2.11. The summed E-state index contributed by atoms with van der Waals surface area (Å²) in [6.45, 7) is 3.79. The van der Waals surface area contributed by atoms with Crippen molar-refractivity contribution >= 4 is 33.7 Å². The van der Waals surface area contributed by atoms with E-state index in [4.69, 9.17) is 9.40 Å². The topological polar surface area (TPSA) is 98.2 Å². The first kappa shape index (κ1) is 22.5. The van der Waals surface area contributed by atoms with E-state index in [2.05, 4.69) is 10.4 Å². The fourth-order valence-corrected chi connectivity index (χ4v) is 4.07.